The van der Waals surface area contributed by atoms with E-state index in [2.05, 4.69) is 36.8 Å². The number of benzene rings is 2. The molecule has 0 spiro atoms. The van der Waals surface area contributed by atoms with E-state index in [0.717, 1.165) is 23.1 Å². The van der Waals surface area contributed by atoms with E-state index in [9.17, 15) is 9.90 Å². The number of carbonyl (C=O) groups excluding carboxylic acids is 1. The average Bonchev–Trinajstić information content (AvgIpc) is 3.08. The zero-order valence-corrected chi connectivity index (χ0v) is 21.7. The van der Waals surface area contributed by atoms with E-state index in [1.165, 1.54) is 0 Å². The maximum atomic E-state index is 13.2. The van der Waals surface area contributed by atoms with Gasteiger partial charge in [-0.25, -0.2) is 4.79 Å². The van der Waals surface area contributed by atoms with Gasteiger partial charge in [-0.1, -0.05) is 15.9 Å². The summed E-state index contributed by atoms with van der Waals surface area (Å²) in [5, 5.41) is 11.7. The number of fused-ring (bicyclic) bond motifs is 1. The molecule has 33 heavy (non-hydrogen) atoms. The molecule has 0 aliphatic carbocycles. The zero-order valence-electron chi connectivity index (χ0n) is 18.6. The Morgan fingerprint density at radius 3 is 2.55 bits per heavy atom. The van der Waals surface area contributed by atoms with Crippen LogP contribution < -0.4 is 4.74 Å². The summed E-state index contributed by atoms with van der Waals surface area (Å²) < 4.78 is 20.4. The number of ether oxygens (including phenoxy) is 3. The number of nitrogens with zero attached hydrogens (tertiary/aromatic N) is 2. The molecule has 0 radical (unpaired) electrons. The van der Waals surface area contributed by atoms with Crippen molar-refractivity contribution in [3.05, 3.63) is 56.1 Å². The van der Waals surface area contributed by atoms with E-state index in [1.54, 1.807) is 6.92 Å². The normalized spacial score (nSPS) is 14.5. The Morgan fingerprint density at radius 2 is 1.88 bits per heavy atom. The van der Waals surface area contributed by atoms with Gasteiger partial charge in [0.25, 0.3) is 0 Å². The minimum atomic E-state index is -0.428. The summed E-state index contributed by atoms with van der Waals surface area (Å²) in [4.78, 5) is 15.4. The fraction of sp³-hybridized carbons (Fsp3) is 0.375. The van der Waals surface area contributed by atoms with E-state index in [-0.39, 0.29) is 19.0 Å². The van der Waals surface area contributed by atoms with Crippen LogP contribution in [0, 0.1) is 0 Å². The third kappa shape index (κ3) is 5.06. The first-order valence-corrected chi connectivity index (χ1v) is 12.4. The van der Waals surface area contributed by atoms with Gasteiger partial charge < -0.3 is 23.9 Å². The van der Waals surface area contributed by atoms with Gasteiger partial charge in [0.2, 0.25) is 0 Å². The Balaban J connectivity index is 1.83. The van der Waals surface area contributed by atoms with Gasteiger partial charge in [0.1, 0.15) is 18.1 Å². The first-order valence-electron chi connectivity index (χ1n) is 10.8. The summed E-state index contributed by atoms with van der Waals surface area (Å²) in [6.07, 6.45) is 0. The fourth-order valence-electron chi connectivity index (χ4n) is 4.09. The van der Waals surface area contributed by atoms with Crippen LogP contribution in [0.1, 0.15) is 28.5 Å². The molecule has 1 saturated heterocycles. The molecule has 9 heteroatoms. The molecule has 3 aromatic rings. The molecule has 0 saturated carbocycles. The minimum Gasteiger partial charge on any atom is -0.506 e. The Morgan fingerprint density at radius 1 is 1.18 bits per heavy atom. The van der Waals surface area contributed by atoms with Gasteiger partial charge in [-0.15, -0.1) is 0 Å². The van der Waals surface area contributed by atoms with Crippen LogP contribution in [0.2, 0.25) is 0 Å². The van der Waals surface area contributed by atoms with Crippen molar-refractivity contribution in [2.75, 3.05) is 32.9 Å². The number of aromatic nitrogens is 1. The monoisotopic (exact) mass is 580 g/mol. The number of hydrogen-bond donors (Lipinski definition) is 1. The molecule has 1 fully saturated rings. The molecule has 1 aliphatic heterocycles. The van der Waals surface area contributed by atoms with Gasteiger partial charge in [-0.3, -0.25) is 4.90 Å². The van der Waals surface area contributed by atoms with Crippen molar-refractivity contribution in [1.82, 2.24) is 9.47 Å². The van der Waals surface area contributed by atoms with E-state index < -0.39 is 5.97 Å². The highest BCUT2D eigenvalue weighted by molar-refractivity contribution is 9.10. The number of morpholine rings is 1. The van der Waals surface area contributed by atoms with Crippen LogP contribution in [-0.2, 0) is 29.7 Å². The number of carbonyl (C=O) groups is 1. The molecule has 1 aliphatic rings. The number of esters is 1. The number of aromatic hydroxyl groups is 1. The summed E-state index contributed by atoms with van der Waals surface area (Å²) in [7, 11) is 1.90. The Labute approximate surface area is 209 Å². The maximum Gasteiger partial charge on any atom is 0.340 e. The lowest BCUT2D eigenvalue weighted by Gasteiger charge is -2.27. The number of hydrogen-bond acceptors (Lipinski definition) is 6. The van der Waals surface area contributed by atoms with Gasteiger partial charge in [0.05, 0.1) is 41.1 Å². The highest BCUT2D eigenvalue weighted by atomic mass is 79.9. The largest absolute Gasteiger partial charge is 0.506 e. The molecule has 2 heterocycles. The van der Waals surface area contributed by atoms with Gasteiger partial charge in [-0.2, -0.15) is 0 Å². The first kappa shape index (κ1) is 24.1. The van der Waals surface area contributed by atoms with Crippen molar-refractivity contribution in [2.45, 2.75) is 20.1 Å². The Hall–Kier alpha value is -2.07. The minimum absolute atomic E-state index is 0.130. The maximum absolute atomic E-state index is 13.2. The smallest absolute Gasteiger partial charge is 0.340 e. The van der Waals surface area contributed by atoms with Crippen molar-refractivity contribution in [1.29, 1.82) is 0 Å². The van der Waals surface area contributed by atoms with Crippen molar-refractivity contribution in [3.8, 4) is 11.5 Å². The van der Waals surface area contributed by atoms with Crippen LogP contribution in [-0.4, -0.2) is 53.5 Å². The molecule has 4 rings (SSSR count). The van der Waals surface area contributed by atoms with Crippen molar-refractivity contribution >= 4 is 48.7 Å². The van der Waals surface area contributed by atoms with Crippen LogP contribution >= 0.6 is 31.9 Å². The zero-order chi connectivity index (χ0) is 23.5. The number of phenols is 1. The molecule has 7 nitrogen and oxygen atoms in total. The van der Waals surface area contributed by atoms with Crippen molar-refractivity contribution in [3.63, 3.8) is 0 Å². The second-order valence-electron chi connectivity index (χ2n) is 7.81. The van der Waals surface area contributed by atoms with Gasteiger partial charge >= 0.3 is 5.97 Å². The SMILES string of the molecule is CCOC(=O)c1c(COc2ccc(Br)cc2)n(C)c2cc(Br)c(O)c(CN3CCOCC3)c12. The van der Waals surface area contributed by atoms with Gasteiger partial charge in [0, 0.05) is 42.1 Å². The van der Waals surface area contributed by atoms with Crippen molar-refractivity contribution in [2.24, 2.45) is 7.05 Å². The van der Waals surface area contributed by atoms with Crippen LogP contribution in [0.15, 0.2) is 39.3 Å². The molecule has 0 atom stereocenters. The summed E-state index contributed by atoms with van der Waals surface area (Å²) >= 11 is 6.92. The lowest BCUT2D eigenvalue weighted by molar-refractivity contribution is 0.0340. The second kappa shape index (κ2) is 10.5. The Kier molecular flexibility index (Phi) is 7.63. The predicted octanol–water partition coefficient (Wildman–Crippen LogP) is 5.00. The molecule has 0 bridgehead atoms. The van der Waals surface area contributed by atoms with E-state index in [4.69, 9.17) is 14.2 Å². The van der Waals surface area contributed by atoms with Crippen molar-refractivity contribution < 1.29 is 24.1 Å². The number of rotatable bonds is 7. The second-order valence-corrected chi connectivity index (χ2v) is 9.58. The molecule has 176 valence electrons. The molecule has 1 aromatic heterocycles. The van der Waals surface area contributed by atoms with Crippen LogP contribution in [0.3, 0.4) is 0 Å². The fourth-order valence-corrected chi connectivity index (χ4v) is 4.81. The number of aryl methyl sites for hydroxylation is 1. The third-order valence-electron chi connectivity index (χ3n) is 5.79. The summed E-state index contributed by atoms with van der Waals surface area (Å²) in [5.74, 6) is 0.392. The van der Waals surface area contributed by atoms with E-state index in [0.29, 0.717) is 52.2 Å². The standard InChI is InChI=1S/C24H26Br2N2O5/c1-3-32-24(30)22-20(14-33-16-6-4-15(25)5-7-16)27(2)19-12-18(26)23(29)17(21(19)22)13-28-8-10-31-11-9-28/h4-7,12,29H,3,8-11,13-14H2,1-2H3. The predicted molar refractivity (Wildman–Crippen MR) is 133 cm³/mol. The van der Waals surface area contributed by atoms with E-state index in [1.807, 2.05) is 41.9 Å². The molecule has 0 amide bonds. The van der Waals surface area contributed by atoms with E-state index >= 15 is 0 Å². The number of phenolic OH excluding ortho intramolecular Hbond substituents is 1. The molecule has 2 aromatic carbocycles. The molecule has 0 unspecified atom stereocenters. The third-order valence-corrected chi connectivity index (χ3v) is 6.93. The quantitative estimate of drug-likeness (QED) is 0.396. The molecular formula is C24H26Br2N2O5. The topological polar surface area (TPSA) is 73.2 Å². The molecule has 1 N–H and O–H groups in total. The summed E-state index contributed by atoms with van der Waals surface area (Å²) in [5.41, 5.74) is 2.62. The van der Waals surface area contributed by atoms with Crippen LogP contribution in [0.25, 0.3) is 10.9 Å². The number of halogens is 2. The lowest BCUT2D eigenvalue weighted by atomic mass is 10.0. The van der Waals surface area contributed by atoms with Crippen LogP contribution in [0.5, 0.6) is 11.5 Å². The van der Waals surface area contributed by atoms with Crippen LogP contribution in [0.4, 0.5) is 0 Å². The lowest BCUT2D eigenvalue weighted by Crippen LogP contribution is -2.35. The summed E-state index contributed by atoms with van der Waals surface area (Å²) in [6, 6.07) is 9.36. The summed E-state index contributed by atoms with van der Waals surface area (Å²) in [6.45, 7) is 5.51. The average molecular weight is 582 g/mol. The first-order chi connectivity index (χ1) is 15.9. The Bertz CT molecular complexity index is 1150. The molecular weight excluding hydrogens is 556 g/mol. The van der Waals surface area contributed by atoms with Gasteiger partial charge in [0.15, 0.2) is 0 Å². The highest BCUT2D eigenvalue weighted by Crippen LogP contribution is 2.40. The van der Waals surface area contributed by atoms with Gasteiger partial charge in [-0.05, 0) is 53.2 Å². The highest BCUT2D eigenvalue weighted by Gasteiger charge is 2.28.